The first-order chi connectivity index (χ1) is 19.7. The van der Waals surface area contributed by atoms with Gasteiger partial charge in [0, 0.05) is 10.6 Å². The number of ether oxygens (including phenoxy) is 2. The molecule has 7 nitrogen and oxygen atoms in total. The fraction of sp³-hybridized carbons (Fsp3) is 0.219. The van der Waals surface area contributed by atoms with E-state index in [-0.39, 0.29) is 12.5 Å². The molecule has 0 aliphatic heterocycles. The van der Waals surface area contributed by atoms with E-state index >= 15 is 0 Å². The first kappa shape index (κ1) is 30.0. The molecule has 214 valence electrons. The van der Waals surface area contributed by atoms with Gasteiger partial charge in [-0.25, -0.2) is 8.42 Å². The lowest BCUT2D eigenvalue weighted by atomic mass is 10.1. The Bertz CT molecular complexity index is 1540. The summed E-state index contributed by atoms with van der Waals surface area (Å²) in [5.41, 5.74) is 2.72. The van der Waals surface area contributed by atoms with E-state index in [2.05, 4.69) is 12.2 Å². The summed E-state index contributed by atoms with van der Waals surface area (Å²) in [7, 11) is -3.72. The number of carbonyl (C=O) groups is 1. The smallest absolute Gasteiger partial charge is 0.251 e. The second-order valence-corrected chi connectivity index (χ2v) is 11.8. The van der Waals surface area contributed by atoms with Gasteiger partial charge in [0.05, 0.1) is 25.0 Å². The van der Waals surface area contributed by atoms with E-state index in [9.17, 15) is 13.2 Å². The number of nitrogens with one attached hydrogen (secondary N) is 1. The van der Waals surface area contributed by atoms with Crippen LogP contribution in [-0.4, -0.2) is 33.7 Å². The predicted molar refractivity (Wildman–Crippen MR) is 164 cm³/mol. The predicted octanol–water partition coefficient (Wildman–Crippen LogP) is 6.86. The fourth-order valence-corrected chi connectivity index (χ4v) is 5.22. The Morgan fingerprint density at radius 2 is 1.56 bits per heavy atom. The topological polar surface area (TPSA) is 84.9 Å². The van der Waals surface area contributed by atoms with Gasteiger partial charge in [-0.2, -0.15) is 0 Å². The highest BCUT2D eigenvalue weighted by Gasteiger charge is 2.23. The van der Waals surface area contributed by atoms with Gasteiger partial charge in [-0.15, -0.1) is 0 Å². The Balaban J connectivity index is 1.39. The van der Waals surface area contributed by atoms with Gasteiger partial charge in [-0.05, 0) is 72.1 Å². The van der Waals surface area contributed by atoms with Crippen molar-refractivity contribution in [2.75, 3.05) is 23.7 Å². The van der Waals surface area contributed by atoms with Crippen LogP contribution in [-0.2, 0) is 23.0 Å². The van der Waals surface area contributed by atoms with E-state index in [1.807, 2.05) is 42.5 Å². The zero-order valence-electron chi connectivity index (χ0n) is 23.0. The molecule has 0 radical (unpaired) electrons. The molecule has 0 unspecified atom stereocenters. The van der Waals surface area contributed by atoms with Crippen molar-refractivity contribution in [1.82, 2.24) is 5.32 Å². The Labute approximate surface area is 246 Å². The van der Waals surface area contributed by atoms with Crippen molar-refractivity contribution in [2.45, 2.75) is 26.3 Å². The number of benzene rings is 4. The molecule has 4 rings (SSSR count). The van der Waals surface area contributed by atoms with E-state index < -0.39 is 10.0 Å². The number of rotatable bonds is 13. The highest BCUT2D eigenvalue weighted by Crippen LogP contribution is 2.36. The number of nitrogens with zero attached hydrogens (tertiary/aromatic N) is 1. The minimum Gasteiger partial charge on any atom is -0.492 e. The van der Waals surface area contributed by atoms with Gasteiger partial charge in [-0.3, -0.25) is 9.10 Å². The van der Waals surface area contributed by atoms with Crippen molar-refractivity contribution >= 4 is 33.2 Å². The largest absolute Gasteiger partial charge is 0.492 e. The molecule has 0 fully saturated rings. The average Bonchev–Trinajstić information content (AvgIpc) is 2.96. The summed E-state index contributed by atoms with van der Waals surface area (Å²) in [5, 5.41) is 3.22. The summed E-state index contributed by atoms with van der Waals surface area (Å²) in [4.78, 5) is 12.6. The third kappa shape index (κ3) is 8.74. The third-order valence-corrected chi connectivity index (χ3v) is 7.58. The lowest BCUT2D eigenvalue weighted by Gasteiger charge is -2.25. The number of para-hydroxylation sites is 1. The van der Waals surface area contributed by atoms with Crippen LogP contribution in [0.15, 0.2) is 97.1 Å². The molecule has 0 aliphatic rings. The van der Waals surface area contributed by atoms with Crippen molar-refractivity contribution in [3.63, 3.8) is 0 Å². The van der Waals surface area contributed by atoms with Crippen LogP contribution in [0.1, 0.15) is 34.8 Å². The minimum absolute atomic E-state index is 0.0249. The summed E-state index contributed by atoms with van der Waals surface area (Å²) >= 11 is 6.25. The van der Waals surface area contributed by atoms with Crippen LogP contribution in [0.25, 0.3) is 0 Å². The van der Waals surface area contributed by atoms with E-state index in [1.165, 1.54) is 9.87 Å². The summed E-state index contributed by atoms with van der Waals surface area (Å²) < 4.78 is 38.7. The van der Waals surface area contributed by atoms with E-state index in [4.69, 9.17) is 21.1 Å². The number of hydrogen-bond acceptors (Lipinski definition) is 5. The van der Waals surface area contributed by atoms with Crippen LogP contribution >= 0.6 is 11.6 Å². The number of anilines is 1. The van der Waals surface area contributed by atoms with Crippen molar-refractivity contribution in [2.24, 2.45) is 0 Å². The minimum atomic E-state index is -3.72. The Kier molecular flexibility index (Phi) is 10.3. The van der Waals surface area contributed by atoms with Gasteiger partial charge in [0.15, 0.2) is 5.75 Å². The molecule has 41 heavy (non-hydrogen) atoms. The summed E-state index contributed by atoms with van der Waals surface area (Å²) in [6, 6.07) is 28.7. The van der Waals surface area contributed by atoms with Gasteiger partial charge in [0.2, 0.25) is 10.0 Å². The zero-order chi connectivity index (χ0) is 29.2. The molecule has 4 aromatic rings. The van der Waals surface area contributed by atoms with Crippen molar-refractivity contribution in [3.05, 3.63) is 119 Å². The SMILES string of the molecule is CCCc1ccc(OCCNC(=O)c2ccc(CN(c3cc(Cl)ccc3Oc3ccccc3)S(C)(=O)=O)cc2)cc1. The van der Waals surface area contributed by atoms with Gasteiger partial charge >= 0.3 is 0 Å². The summed E-state index contributed by atoms with van der Waals surface area (Å²) in [6.45, 7) is 2.85. The third-order valence-electron chi connectivity index (χ3n) is 6.22. The summed E-state index contributed by atoms with van der Waals surface area (Å²) in [5.74, 6) is 1.43. The standard InChI is InChI=1S/C32H33ClN2O5S/c1-3-7-24-12-17-28(18-13-24)39-21-20-34-32(36)26-14-10-25(11-15-26)23-35(41(2,37)38)30-22-27(33)16-19-31(30)40-29-8-5-4-6-9-29/h4-6,8-19,22H,3,7,20-21,23H2,1-2H3,(H,34,36). The summed E-state index contributed by atoms with van der Waals surface area (Å²) in [6.07, 6.45) is 3.26. The number of halogens is 1. The van der Waals surface area contributed by atoms with Gasteiger partial charge in [-0.1, -0.05) is 67.4 Å². The zero-order valence-corrected chi connectivity index (χ0v) is 24.6. The quantitative estimate of drug-likeness (QED) is 0.171. The average molecular weight is 593 g/mol. The van der Waals surface area contributed by atoms with Crippen LogP contribution in [0, 0.1) is 0 Å². The Morgan fingerprint density at radius 1 is 0.878 bits per heavy atom. The molecule has 1 N–H and O–H groups in total. The molecule has 1 amide bonds. The van der Waals surface area contributed by atoms with Crippen LogP contribution in [0.5, 0.6) is 17.2 Å². The molecule has 0 aromatic heterocycles. The maximum atomic E-state index is 12.9. The van der Waals surface area contributed by atoms with Crippen LogP contribution in [0.2, 0.25) is 5.02 Å². The number of carbonyl (C=O) groups excluding carboxylic acids is 1. The Hall–Kier alpha value is -4.01. The molecule has 0 atom stereocenters. The molecule has 0 saturated heterocycles. The van der Waals surface area contributed by atoms with Crippen molar-refractivity contribution < 1.29 is 22.7 Å². The van der Waals surface area contributed by atoms with Gasteiger partial charge in [0.1, 0.15) is 18.1 Å². The normalized spacial score (nSPS) is 11.1. The molecule has 4 aromatic carbocycles. The van der Waals surface area contributed by atoms with Gasteiger partial charge in [0.25, 0.3) is 5.91 Å². The van der Waals surface area contributed by atoms with Crippen molar-refractivity contribution in [1.29, 1.82) is 0 Å². The van der Waals surface area contributed by atoms with E-state index in [1.54, 1.807) is 54.6 Å². The van der Waals surface area contributed by atoms with Crippen molar-refractivity contribution in [3.8, 4) is 17.2 Å². The second-order valence-electron chi connectivity index (χ2n) is 9.49. The maximum Gasteiger partial charge on any atom is 0.251 e. The molecule has 0 heterocycles. The highest BCUT2D eigenvalue weighted by molar-refractivity contribution is 7.92. The van der Waals surface area contributed by atoms with Crippen LogP contribution in [0.4, 0.5) is 5.69 Å². The molecule has 0 spiro atoms. The molecule has 0 saturated carbocycles. The lowest BCUT2D eigenvalue weighted by Crippen LogP contribution is -2.30. The number of aryl methyl sites for hydroxylation is 1. The number of sulfonamides is 1. The van der Waals surface area contributed by atoms with Gasteiger partial charge < -0.3 is 14.8 Å². The number of hydrogen-bond donors (Lipinski definition) is 1. The van der Waals surface area contributed by atoms with Crippen LogP contribution in [0.3, 0.4) is 0 Å². The Morgan fingerprint density at radius 3 is 2.22 bits per heavy atom. The van der Waals surface area contributed by atoms with Crippen LogP contribution < -0.4 is 19.1 Å². The monoisotopic (exact) mass is 592 g/mol. The second kappa shape index (κ2) is 14.1. The van der Waals surface area contributed by atoms with E-state index in [0.717, 1.165) is 24.8 Å². The first-order valence-electron chi connectivity index (χ1n) is 13.3. The fourth-order valence-electron chi connectivity index (χ4n) is 4.17. The first-order valence-corrected chi connectivity index (χ1v) is 15.5. The lowest BCUT2D eigenvalue weighted by molar-refractivity contribution is 0.0947. The highest BCUT2D eigenvalue weighted by atomic mass is 35.5. The molecule has 0 aliphatic carbocycles. The van der Waals surface area contributed by atoms with E-state index in [0.29, 0.717) is 46.5 Å². The molecular formula is C32H33ClN2O5S. The number of amides is 1. The molecule has 0 bridgehead atoms. The maximum absolute atomic E-state index is 12.9. The molecule has 9 heteroatoms. The molecular weight excluding hydrogens is 560 g/mol.